The Morgan fingerprint density at radius 3 is 2.64 bits per heavy atom. The molecule has 1 aliphatic rings. The predicted molar refractivity (Wildman–Crippen MR) is 120 cm³/mol. The van der Waals surface area contributed by atoms with Gasteiger partial charge in [-0.15, -0.1) is 0 Å². The van der Waals surface area contributed by atoms with Gasteiger partial charge in [-0.05, 0) is 48.0 Å². The third kappa shape index (κ3) is 6.56. The largest absolute Gasteiger partial charge is 0.446 e. The van der Waals surface area contributed by atoms with Crippen molar-refractivity contribution in [2.45, 2.75) is 18.6 Å². The number of aromatic nitrogens is 2. The Kier molecular flexibility index (Phi) is 7.78. The first-order chi connectivity index (χ1) is 15.6. The number of imidazole rings is 1. The quantitative estimate of drug-likeness (QED) is 0.480. The van der Waals surface area contributed by atoms with E-state index in [1.54, 1.807) is 6.07 Å². The number of nitrogens with one attached hydrogen (secondary N) is 2. The molecule has 33 heavy (non-hydrogen) atoms. The maximum atomic E-state index is 12.3. The molecular weight excluding hydrogens is 480 g/mol. The zero-order valence-corrected chi connectivity index (χ0v) is 18.8. The number of H-pyrrole nitrogens is 1. The normalized spacial score (nSPS) is 15.8. The molecule has 1 aliphatic heterocycles. The van der Waals surface area contributed by atoms with E-state index < -0.39 is 12.5 Å². The minimum atomic E-state index is -4.64. The summed E-state index contributed by atoms with van der Waals surface area (Å²) in [5, 5.41) is 4.23. The van der Waals surface area contributed by atoms with Gasteiger partial charge in [0, 0.05) is 34.7 Å². The van der Waals surface area contributed by atoms with Crippen LogP contribution >= 0.6 is 23.2 Å². The molecule has 2 heterocycles. The Morgan fingerprint density at radius 2 is 2.00 bits per heavy atom. The number of anilines is 1. The van der Waals surface area contributed by atoms with Crippen LogP contribution in [0.25, 0.3) is 0 Å². The molecule has 0 fully saturated rings. The van der Waals surface area contributed by atoms with E-state index in [-0.39, 0.29) is 11.8 Å². The van der Waals surface area contributed by atoms with Gasteiger partial charge in [0.05, 0.1) is 12.5 Å². The fraction of sp³-hybridized carbons (Fsp3) is 0.227. The van der Waals surface area contributed by atoms with Gasteiger partial charge < -0.3 is 15.2 Å². The fourth-order valence-corrected chi connectivity index (χ4v) is 4.11. The topological polar surface area (TPSA) is 78.1 Å². The molecule has 1 aromatic heterocycles. The molecule has 0 saturated carbocycles. The maximum absolute atomic E-state index is 12.3. The summed E-state index contributed by atoms with van der Waals surface area (Å²) in [4.78, 5) is 29.9. The predicted octanol–water partition coefficient (Wildman–Crippen LogP) is 5.29. The molecule has 174 valence electrons. The van der Waals surface area contributed by atoms with Crippen molar-refractivity contribution in [1.82, 2.24) is 14.9 Å². The molecule has 0 saturated heterocycles. The maximum Gasteiger partial charge on any atom is 0.446 e. The highest BCUT2D eigenvalue weighted by Gasteiger charge is 2.27. The Bertz CT molecular complexity index is 1140. The lowest BCUT2D eigenvalue weighted by Crippen LogP contribution is -2.31. The summed E-state index contributed by atoms with van der Waals surface area (Å²) in [5.41, 5.74) is 4.50. The highest BCUT2D eigenvalue weighted by atomic mass is 35.5. The van der Waals surface area contributed by atoms with E-state index in [9.17, 15) is 18.0 Å². The van der Waals surface area contributed by atoms with Crippen LogP contribution in [0, 0.1) is 0 Å². The van der Waals surface area contributed by atoms with Gasteiger partial charge >= 0.3 is 6.18 Å². The lowest BCUT2D eigenvalue weighted by atomic mass is 9.84. The first-order valence-electron chi connectivity index (χ1n) is 9.66. The van der Waals surface area contributed by atoms with Crippen LogP contribution in [0.5, 0.6) is 0 Å². The Morgan fingerprint density at radius 1 is 1.27 bits per heavy atom. The van der Waals surface area contributed by atoms with Gasteiger partial charge in [-0.2, -0.15) is 13.2 Å². The van der Waals surface area contributed by atoms with Crippen molar-refractivity contribution in [3.05, 3.63) is 81.4 Å². The van der Waals surface area contributed by atoms with Crippen molar-refractivity contribution in [2.24, 2.45) is 0 Å². The van der Waals surface area contributed by atoms with E-state index in [1.165, 1.54) is 12.5 Å². The Labute approximate surface area is 197 Å². The number of fused-ring (bicyclic) bond motifs is 1. The molecule has 1 unspecified atom stereocenters. The second kappa shape index (κ2) is 10.4. The smallest absolute Gasteiger partial charge is 0.341 e. The third-order valence-corrected chi connectivity index (χ3v) is 5.47. The SMILES string of the molecule is CN1Cc2c(Cl)cc(Cl)cc2C(c2cccc(NC(=O)c3cnc[nH]3)c2)C1.O=CC(F)(F)F. The molecular formula is C22H19Cl2F3N4O2. The van der Waals surface area contributed by atoms with Gasteiger partial charge in [-0.25, -0.2) is 4.98 Å². The summed E-state index contributed by atoms with van der Waals surface area (Å²) in [5.74, 6) is -0.101. The van der Waals surface area contributed by atoms with E-state index in [2.05, 4.69) is 33.3 Å². The number of amides is 1. The second-order valence-electron chi connectivity index (χ2n) is 7.41. The number of halogens is 5. The van der Waals surface area contributed by atoms with Gasteiger partial charge in [0.1, 0.15) is 5.69 Å². The van der Waals surface area contributed by atoms with Crippen LogP contribution in [0.2, 0.25) is 10.0 Å². The van der Waals surface area contributed by atoms with Gasteiger partial charge in [-0.1, -0.05) is 35.3 Å². The highest BCUT2D eigenvalue weighted by Crippen LogP contribution is 2.38. The van der Waals surface area contributed by atoms with Crippen LogP contribution < -0.4 is 5.32 Å². The number of likely N-dealkylation sites (N-methyl/N-ethyl adjacent to an activating group) is 1. The van der Waals surface area contributed by atoms with Crippen LogP contribution in [0.1, 0.15) is 33.1 Å². The van der Waals surface area contributed by atoms with E-state index in [0.29, 0.717) is 15.7 Å². The first kappa shape index (κ1) is 24.8. The summed E-state index contributed by atoms with van der Waals surface area (Å²) in [6.07, 6.45) is -2.73. The molecule has 0 bridgehead atoms. The molecule has 0 aliphatic carbocycles. The molecule has 0 radical (unpaired) electrons. The van der Waals surface area contributed by atoms with E-state index in [1.807, 2.05) is 24.3 Å². The molecule has 2 N–H and O–H groups in total. The number of benzene rings is 2. The number of hydrogen-bond acceptors (Lipinski definition) is 4. The van der Waals surface area contributed by atoms with Gasteiger partial charge in [0.15, 0.2) is 0 Å². The lowest BCUT2D eigenvalue weighted by Gasteiger charge is -2.33. The van der Waals surface area contributed by atoms with Crippen molar-refractivity contribution in [3.63, 3.8) is 0 Å². The van der Waals surface area contributed by atoms with Gasteiger partial charge in [-0.3, -0.25) is 9.59 Å². The average molecular weight is 499 g/mol. The molecule has 1 amide bonds. The number of rotatable bonds is 3. The molecule has 1 atom stereocenters. The number of carbonyl (C=O) groups excluding carboxylic acids is 2. The van der Waals surface area contributed by atoms with Crippen LogP contribution in [0.15, 0.2) is 48.9 Å². The summed E-state index contributed by atoms with van der Waals surface area (Å²) in [6, 6.07) is 11.7. The van der Waals surface area contributed by atoms with Crippen molar-refractivity contribution in [2.75, 3.05) is 18.9 Å². The van der Waals surface area contributed by atoms with E-state index in [4.69, 9.17) is 28.0 Å². The van der Waals surface area contributed by atoms with Crippen LogP contribution in [-0.4, -0.2) is 46.8 Å². The van der Waals surface area contributed by atoms with Crippen LogP contribution in [-0.2, 0) is 11.3 Å². The summed E-state index contributed by atoms with van der Waals surface area (Å²) in [7, 11) is 2.07. The first-order valence-corrected chi connectivity index (χ1v) is 10.4. The summed E-state index contributed by atoms with van der Waals surface area (Å²) >= 11 is 12.7. The van der Waals surface area contributed by atoms with Gasteiger partial charge in [0.25, 0.3) is 5.91 Å². The monoisotopic (exact) mass is 498 g/mol. The highest BCUT2D eigenvalue weighted by molar-refractivity contribution is 6.35. The van der Waals surface area contributed by atoms with Crippen molar-refractivity contribution < 1.29 is 22.8 Å². The lowest BCUT2D eigenvalue weighted by molar-refractivity contribution is -0.156. The number of aldehydes is 1. The van der Waals surface area contributed by atoms with Crippen molar-refractivity contribution in [1.29, 1.82) is 0 Å². The van der Waals surface area contributed by atoms with Crippen LogP contribution in [0.3, 0.4) is 0 Å². The summed E-state index contributed by atoms with van der Waals surface area (Å²) < 4.78 is 31.2. The average Bonchev–Trinajstić information content (AvgIpc) is 3.29. The fourth-order valence-electron chi connectivity index (χ4n) is 3.54. The number of carbonyl (C=O) groups is 2. The number of hydrogen-bond donors (Lipinski definition) is 2. The second-order valence-corrected chi connectivity index (χ2v) is 8.25. The zero-order valence-electron chi connectivity index (χ0n) is 17.3. The number of nitrogens with zero attached hydrogens (tertiary/aromatic N) is 2. The Hall–Kier alpha value is -2.88. The molecule has 0 spiro atoms. The molecule has 3 aromatic rings. The Balaban J connectivity index is 0.000000454. The molecule has 11 heteroatoms. The molecule has 4 rings (SSSR count). The van der Waals surface area contributed by atoms with Crippen molar-refractivity contribution >= 4 is 41.1 Å². The zero-order chi connectivity index (χ0) is 24.2. The standard InChI is InChI=1S/C20H18Cl2N4O.C2HF3O/c1-26-9-16(15-6-13(21)7-18(22)17(15)10-26)12-3-2-4-14(5-12)25-20(27)19-8-23-11-24-19;3-2(4,5)1-6/h2-8,11,16H,9-10H2,1H3,(H,23,24)(H,25,27);1H. The summed E-state index contributed by atoms with van der Waals surface area (Å²) in [6.45, 7) is 1.64. The van der Waals surface area contributed by atoms with Crippen LogP contribution in [0.4, 0.5) is 18.9 Å². The van der Waals surface area contributed by atoms with Gasteiger partial charge in [0.2, 0.25) is 6.29 Å². The minimum Gasteiger partial charge on any atom is -0.341 e. The number of aromatic amines is 1. The third-order valence-electron chi connectivity index (χ3n) is 4.92. The molecule has 6 nitrogen and oxygen atoms in total. The van der Waals surface area contributed by atoms with Crippen molar-refractivity contribution in [3.8, 4) is 0 Å². The van der Waals surface area contributed by atoms with E-state index >= 15 is 0 Å². The number of alkyl halides is 3. The minimum absolute atomic E-state index is 0.124. The van der Waals surface area contributed by atoms with E-state index in [0.717, 1.165) is 35.5 Å². The molecule has 2 aromatic carbocycles.